The lowest BCUT2D eigenvalue weighted by atomic mass is 9.97. The van der Waals surface area contributed by atoms with Crippen LogP contribution in [0.1, 0.15) is 47.0 Å². The number of thioether (sulfide) groups is 1. The van der Waals surface area contributed by atoms with Gasteiger partial charge in [0.15, 0.2) is 11.0 Å². The third kappa shape index (κ3) is 4.19. The number of rotatable bonds is 6. The van der Waals surface area contributed by atoms with E-state index in [2.05, 4.69) is 40.4 Å². The summed E-state index contributed by atoms with van der Waals surface area (Å²) in [6, 6.07) is 8.41. The Bertz CT molecular complexity index is 795. The molecule has 0 spiro atoms. The highest BCUT2D eigenvalue weighted by atomic mass is 32.2. The molecule has 0 bridgehead atoms. The van der Waals surface area contributed by atoms with Gasteiger partial charge in [-0.25, -0.2) is 0 Å². The van der Waals surface area contributed by atoms with Gasteiger partial charge in [0.05, 0.1) is 12.4 Å². The fourth-order valence-electron chi connectivity index (χ4n) is 3.89. The van der Waals surface area contributed by atoms with Crippen molar-refractivity contribution in [2.45, 2.75) is 76.0 Å². The highest BCUT2D eigenvalue weighted by molar-refractivity contribution is 8.00. The van der Waals surface area contributed by atoms with Crippen molar-refractivity contribution < 1.29 is 9.53 Å². The molecule has 1 aliphatic heterocycles. The van der Waals surface area contributed by atoms with Gasteiger partial charge in [-0.05, 0) is 71.2 Å². The SMILES string of the molecule is CCn1c(S[C@@H](C)C(=O)N2[C@H](C)CCC[C@@H]2C)nnc1-c1ccc(OC)cc1. The average Bonchev–Trinajstić information content (AvgIpc) is 3.10. The highest BCUT2D eigenvalue weighted by Crippen LogP contribution is 2.31. The van der Waals surface area contributed by atoms with E-state index in [1.54, 1.807) is 7.11 Å². The predicted octanol–water partition coefficient (Wildman–Crippen LogP) is 4.24. The molecule has 6 nitrogen and oxygen atoms in total. The molecule has 0 unspecified atom stereocenters. The molecule has 1 fully saturated rings. The first kappa shape index (κ1) is 20.7. The molecule has 0 N–H and O–H groups in total. The molecule has 28 heavy (non-hydrogen) atoms. The fourth-order valence-corrected chi connectivity index (χ4v) is 4.86. The van der Waals surface area contributed by atoms with Crippen LogP contribution in [0, 0.1) is 0 Å². The van der Waals surface area contributed by atoms with Crippen LogP contribution in [-0.2, 0) is 11.3 Å². The summed E-state index contributed by atoms with van der Waals surface area (Å²) in [6.45, 7) is 9.10. The minimum Gasteiger partial charge on any atom is -0.497 e. The van der Waals surface area contributed by atoms with Gasteiger partial charge in [0.1, 0.15) is 5.75 Å². The number of benzene rings is 1. The van der Waals surface area contributed by atoms with Crippen molar-refractivity contribution in [3.8, 4) is 17.1 Å². The zero-order valence-corrected chi connectivity index (χ0v) is 18.2. The summed E-state index contributed by atoms with van der Waals surface area (Å²) >= 11 is 1.50. The Morgan fingerprint density at radius 3 is 2.43 bits per heavy atom. The number of piperidine rings is 1. The predicted molar refractivity (Wildman–Crippen MR) is 113 cm³/mol. The summed E-state index contributed by atoms with van der Waals surface area (Å²) < 4.78 is 7.30. The van der Waals surface area contributed by atoms with Crippen LogP contribution >= 0.6 is 11.8 Å². The second kappa shape index (κ2) is 8.99. The van der Waals surface area contributed by atoms with Gasteiger partial charge in [0.25, 0.3) is 0 Å². The molecule has 3 rings (SSSR count). The number of carbonyl (C=O) groups is 1. The molecule has 1 aromatic heterocycles. The van der Waals surface area contributed by atoms with Gasteiger partial charge in [0, 0.05) is 24.2 Å². The Morgan fingerprint density at radius 1 is 1.21 bits per heavy atom. The van der Waals surface area contributed by atoms with Gasteiger partial charge >= 0.3 is 0 Å². The summed E-state index contributed by atoms with van der Waals surface area (Å²) in [7, 11) is 1.65. The molecule has 2 aromatic rings. The lowest BCUT2D eigenvalue weighted by Gasteiger charge is -2.40. The first-order valence-corrected chi connectivity index (χ1v) is 10.9. The second-order valence-corrected chi connectivity index (χ2v) is 8.72. The first-order valence-electron chi connectivity index (χ1n) is 10.0. The van der Waals surface area contributed by atoms with Crippen LogP contribution in [0.25, 0.3) is 11.4 Å². The van der Waals surface area contributed by atoms with Crippen LogP contribution in [0.5, 0.6) is 5.75 Å². The number of nitrogens with zero attached hydrogens (tertiary/aromatic N) is 4. The number of methoxy groups -OCH3 is 1. The number of likely N-dealkylation sites (tertiary alicyclic amines) is 1. The number of hydrogen-bond acceptors (Lipinski definition) is 5. The molecule has 1 aliphatic rings. The largest absolute Gasteiger partial charge is 0.497 e. The molecule has 0 aliphatic carbocycles. The monoisotopic (exact) mass is 402 g/mol. The molecule has 2 heterocycles. The fraction of sp³-hybridized carbons (Fsp3) is 0.571. The van der Waals surface area contributed by atoms with Crippen molar-refractivity contribution in [2.75, 3.05) is 7.11 Å². The summed E-state index contributed by atoms with van der Waals surface area (Å²) in [6.07, 6.45) is 3.36. The quantitative estimate of drug-likeness (QED) is 0.676. The molecule has 152 valence electrons. The molecule has 7 heteroatoms. The zero-order chi connectivity index (χ0) is 20.3. The molecule has 3 atom stereocenters. The van der Waals surface area contributed by atoms with Crippen molar-refractivity contribution in [2.24, 2.45) is 0 Å². The van der Waals surface area contributed by atoms with Gasteiger partial charge in [-0.1, -0.05) is 11.8 Å². The summed E-state index contributed by atoms with van der Waals surface area (Å²) in [5.41, 5.74) is 0.985. The second-order valence-electron chi connectivity index (χ2n) is 7.41. The highest BCUT2D eigenvalue weighted by Gasteiger charge is 2.32. The van der Waals surface area contributed by atoms with Gasteiger partial charge in [-0.3, -0.25) is 4.79 Å². The van der Waals surface area contributed by atoms with Crippen molar-refractivity contribution in [3.05, 3.63) is 24.3 Å². The number of ether oxygens (including phenoxy) is 1. The lowest BCUT2D eigenvalue weighted by molar-refractivity contribution is -0.136. The molecule has 1 saturated heterocycles. The van der Waals surface area contributed by atoms with E-state index in [-0.39, 0.29) is 11.2 Å². The van der Waals surface area contributed by atoms with Crippen LogP contribution in [-0.4, -0.2) is 50.0 Å². The molecule has 0 saturated carbocycles. The van der Waals surface area contributed by atoms with E-state index in [9.17, 15) is 4.79 Å². The van der Waals surface area contributed by atoms with E-state index >= 15 is 0 Å². The van der Waals surface area contributed by atoms with Gasteiger partial charge < -0.3 is 14.2 Å². The van der Waals surface area contributed by atoms with Crippen LogP contribution in [0.3, 0.4) is 0 Å². The normalized spacial score (nSPS) is 20.8. The van der Waals surface area contributed by atoms with Gasteiger partial charge in [0.2, 0.25) is 5.91 Å². The van der Waals surface area contributed by atoms with E-state index in [1.807, 2.05) is 31.2 Å². The Hall–Kier alpha value is -2.02. The van der Waals surface area contributed by atoms with E-state index < -0.39 is 0 Å². The van der Waals surface area contributed by atoms with Crippen molar-refractivity contribution in [1.29, 1.82) is 0 Å². The van der Waals surface area contributed by atoms with Crippen molar-refractivity contribution in [3.63, 3.8) is 0 Å². The van der Waals surface area contributed by atoms with E-state index in [4.69, 9.17) is 4.74 Å². The Labute approximate surface area is 171 Å². The van der Waals surface area contributed by atoms with Crippen LogP contribution in [0.2, 0.25) is 0 Å². The van der Waals surface area contributed by atoms with Gasteiger partial charge in [-0.2, -0.15) is 0 Å². The molecular formula is C21H30N4O2S. The molecule has 1 amide bonds. The van der Waals surface area contributed by atoms with Crippen LogP contribution in [0.4, 0.5) is 0 Å². The maximum Gasteiger partial charge on any atom is 0.236 e. The van der Waals surface area contributed by atoms with Gasteiger partial charge in [-0.15, -0.1) is 10.2 Å². The standard InChI is InChI=1S/C21H30N4O2S/c1-6-24-19(17-10-12-18(27-5)13-11-17)22-23-21(24)28-16(4)20(26)25-14(2)8-7-9-15(25)3/h10-16H,6-9H2,1-5H3/t14-,15+,16-/m0/s1. The average molecular weight is 403 g/mol. The smallest absolute Gasteiger partial charge is 0.236 e. The van der Waals surface area contributed by atoms with Crippen LogP contribution in [0.15, 0.2) is 29.4 Å². The molecule has 0 radical (unpaired) electrons. The van der Waals surface area contributed by atoms with E-state index in [0.717, 1.165) is 41.7 Å². The maximum absolute atomic E-state index is 13.1. The van der Waals surface area contributed by atoms with E-state index in [0.29, 0.717) is 12.1 Å². The zero-order valence-electron chi connectivity index (χ0n) is 17.4. The van der Waals surface area contributed by atoms with Crippen molar-refractivity contribution in [1.82, 2.24) is 19.7 Å². The number of hydrogen-bond donors (Lipinski definition) is 0. The summed E-state index contributed by atoms with van der Waals surface area (Å²) in [5, 5.41) is 9.37. The third-order valence-electron chi connectivity index (χ3n) is 5.46. The minimum absolute atomic E-state index is 0.193. The maximum atomic E-state index is 13.1. The number of aromatic nitrogens is 3. The Morgan fingerprint density at radius 2 is 1.86 bits per heavy atom. The summed E-state index contributed by atoms with van der Waals surface area (Å²) in [4.78, 5) is 15.2. The molecular weight excluding hydrogens is 372 g/mol. The van der Waals surface area contributed by atoms with Crippen LogP contribution < -0.4 is 4.74 Å². The minimum atomic E-state index is -0.193. The Kier molecular flexibility index (Phi) is 6.65. The lowest BCUT2D eigenvalue weighted by Crippen LogP contribution is -2.50. The third-order valence-corrected chi connectivity index (χ3v) is 6.53. The Balaban J connectivity index is 1.78. The van der Waals surface area contributed by atoms with E-state index in [1.165, 1.54) is 18.2 Å². The topological polar surface area (TPSA) is 60.2 Å². The molecule has 1 aromatic carbocycles. The summed E-state index contributed by atoms with van der Waals surface area (Å²) in [5.74, 6) is 1.82. The number of amides is 1. The number of carbonyl (C=O) groups excluding carboxylic acids is 1. The van der Waals surface area contributed by atoms with Crippen molar-refractivity contribution >= 4 is 17.7 Å². The first-order chi connectivity index (χ1) is 13.5.